The standard InChI is InChI=1S/C23H18Cl2N2O2S/c24-19-10-5-11-20(23(19)25)27-22(29)15-30-18-9-4-8-17(14-18)26-21(28)13-12-16-6-2-1-3-7-16/h1-14H,15H2,(H,26,28)(H,27,29)/b13-12+. The Bertz CT molecular complexity index is 1070. The zero-order chi connectivity index (χ0) is 21.3. The minimum atomic E-state index is -0.227. The number of carbonyl (C=O) groups excluding carboxylic acids is 2. The second-order valence-corrected chi connectivity index (χ2v) is 8.03. The number of hydrogen-bond donors (Lipinski definition) is 2. The van der Waals surface area contributed by atoms with Crippen LogP contribution in [0.4, 0.5) is 11.4 Å². The molecule has 3 aromatic carbocycles. The molecule has 0 aliphatic heterocycles. The van der Waals surface area contributed by atoms with Crippen molar-refractivity contribution in [2.45, 2.75) is 4.90 Å². The lowest BCUT2D eigenvalue weighted by Crippen LogP contribution is -2.14. The zero-order valence-electron chi connectivity index (χ0n) is 15.8. The van der Waals surface area contributed by atoms with Crippen LogP contribution >= 0.6 is 35.0 Å². The van der Waals surface area contributed by atoms with Crippen molar-refractivity contribution in [3.63, 3.8) is 0 Å². The molecular formula is C23H18Cl2N2O2S. The van der Waals surface area contributed by atoms with Gasteiger partial charge in [-0.2, -0.15) is 0 Å². The summed E-state index contributed by atoms with van der Waals surface area (Å²) in [6.07, 6.45) is 3.23. The van der Waals surface area contributed by atoms with Gasteiger partial charge in [-0.1, -0.05) is 65.7 Å². The third kappa shape index (κ3) is 6.66. The number of hydrogen-bond acceptors (Lipinski definition) is 3. The molecule has 0 radical (unpaired) electrons. The molecular weight excluding hydrogens is 439 g/mol. The maximum atomic E-state index is 12.2. The molecule has 0 atom stereocenters. The highest BCUT2D eigenvalue weighted by atomic mass is 35.5. The Balaban J connectivity index is 1.53. The van der Waals surface area contributed by atoms with Crippen molar-refractivity contribution in [3.8, 4) is 0 Å². The van der Waals surface area contributed by atoms with Gasteiger partial charge in [0.2, 0.25) is 11.8 Å². The molecule has 0 fully saturated rings. The summed E-state index contributed by atoms with van der Waals surface area (Å²) in [6, 6.07) is 22.0. The largest absolute Gasteiger partial charge is 0.324 e. The molecule has 0 bridgehead atoms. The molecule has 4 nitrogen and oxygen atoms in total. The van der Waals surface area contributed by atoms with E-state index in [0.29, 0.717) is 21.4 Å². The summed E-state index contributed by atoms with van der Waals surface area (Å²) < 4.78 is 0. The van der Waals surface area contributed by atoms with E-state index in [9.17, 15) is 9.59 Å². The first-order valence-corrected chi connectivity index (χ1v) is 10.8. The summed E-state index contributed by atoms with van der Waals surface area (Å²) in [6.45, 7) is 0. The van der Waals surface area contributed by atoms with E-state index in [1.165, 1.54) is 17.8 Å². The zero-order valence-corrected chi connectivity index (χ0v) is 18.1. The Morgan fingerprint density at radius 2 is 1.67 bits per heavy atom. The fraction of sp³-hybridized carbons (Fsp3) is 0.0435. The average Bonchev–Trinajstić information content (AvgIpc) is 2.75. The van der Waals surface area contributed by atoms with Crippen molar-refractivity contribution in [1.29, 1.82) is 0 Å². The highest BCUT2D eigenvalue weighted by Gasteiger charge is 2.09. The van der Waals surface area contributed by atoms with Gasteiger partial charge in [0.1, 0.15) is 0 Å². The van der Waals surface area contributed by atoms with Gasteiger partial charge in [-0.3, -0.25) is 9.59 Å². The monoisotopic (exact) mass is 456 g/mol. The number of halogens is 2. The number of anilines is 2. The van der Waals surface area contributed by atoms with E-state index in [4.69, 9.17) is 23.2 Å². The van der Waals surface area contributed by atoms with Crippen LogP contribution in [0, 0.1) is 0 Å². The predicted octanol–water partition coefficient (Wildman–Crippen LogP) is 6.38. The Hall–Kier alpha value is -2.73. The minimum absolute atomic E-state index is 0.189. The maximum absolute atomic E-state index is 12.2. The molecule has 152 valence electrons. The van der Waals surface area contributed by atoms with Gasteiger partial charge in [0.25, 0.3) is 0 Å². The molecule has 2 amide bonds. The minimum Gasteiger partial charge on any atom is -0.324 e. The molecule has 7 heteroatoms. The number of amides is 2. The average molecular weight is 457 g/mol. The lowest BCUT2D eigenvalue weighted by atomic mass is 10.2. The second kappa shape index (κ2) is 10.9. The van der Waals surface area contributed by atoms with Crippen LogP contribution in [-0.4, -0.2) is 17.6 Å². The summed E-state index contributed by atoms with van der Waals surface area (Å²) in [5.41, 5.74) is 2.07. The molecule has 0 saturated carbocycles. The number of rotatable bonds is 7. The maximum Gasteiger partial charge on any atom is 0.248 e. The fourth-order valence-corrected chi connectivity index (χ4v) is 3.62. The van der Waals surface area contributed by atoms with Crippen LogP contribution in [0.1, 0.15) is 5.56 Å². The van der Waals surface area contributed by atoms with Crippen molar-refractivity contribution in [3.05, 3.63) is 94.5 Å². The first-order chi connectivity index (χ1) is 14.5. The Kier molecular flexibility index (Phi) is 7.97. The van der Waals surface area contributed by atoms with E-state index in [1.807, 2.05) is 48.5 Å². The molecule has 0 aromatic heterocycles. The molecule has 3 aromatic rings. The van der Waals surface area contributed by atoms with Crippen LogP contribution in [0.5, 0.6) is 0 Å². The van der Waals surface area contributed by atoms with E-state index < -0.39 is 0 Å². The predicted molar refractivity (Wildman–Crippen MR) is 126 cm³/mol. The third-order valence-electron chi connectivity index (χ3n) is 3.92. The Morgan fingerprint density at radius 3 is 2.47 bits per heavy atom. The van der Waals surface area contributed by atoms with Gasteiger partial charge in [-0.15, -0.1) is 11.8 Å². The highest BCUT2D eigenvalue weighted by Crippen LogP contribution is 2.30. The van der Waals surface area contributed by atoms with Crippen molar-refractivity contribution in [1.82, 2.24) is 0 Å². The molecule has 0 aliphatic carbocycles. The molecule has 0 unspecified atom stereocenters. The van der Waals surface area contributed by atoms with Gasteiger partial charge in [-0.05, 0) is 42.0 Å². The van der Waals surface area contributed by atoms with E-state index in [1.54, 1.807) is 30.3 Å². The lowest BCUT2D eigenvalue weighted by Gasteiger charge is -2.09. The number of carbonyl (C=O) groups is 2. The first-order valence-electron chi connectivity index (χ1n) is 9.02. The van der Waals surface area contributed by atoms with Gasteiger partial charge in [-0.25, -0.2) is 0 Å². The molecule has 0 heterocycles. The van der Waals surface area contributed by atoms with Crippen molar-refractivity contribution < 1.29 is 9.59 Å². The SMILES string of the molecule is O=C(/C=C/c1ccccc1)Nc1cccc(SCC(=O)Nc2cccc(Cl)c2Cl)c1. The van der Waals surface area contributed by atoms with Gasteiger partial charge >= 0.3 is 0 Å². The molecule has 30 heavy (non-hydrogen) atoms. The second-order valence-electron chi connectivity index (χ2n) is 6.20. The van der Waals surface area contributed by atoms with Crippen LogP contribution in [0.25, 0.3) is 6.08 Å². The van der Waals surface area contributed by atoms with Crippen molar-refractivity contribution in [2.24, 2.45) is 0 Å². The first kappa shape index (κ1) is 22.0. The van der Waals surface area contributed by atoms with Gasteiger partial charge < -0.3 is 10.6 Å². The lowest BCUT2D eigenvalue weighted by molar-refractivity contribution is -0.114. The fourth-order valence-electron chi connectivity index (χ4n) is 2.52. The van der Waals surface area contributed by atoms with Crippen LogP contribution < -0.4 is 10.6 Å². The summed E-state index contributed by atoms with van der Waals surface area (Å²) in [5, 5.41) is 6.26. The van der Waals surface area contributed by atoms with Gasteiger partial charge in [0.15, 0.2) is 0 Å². The third-order valence-corrected chi connectivity index (χ3v) is 5.74. The normalized spacial score (nSPS) is 10.7. The van der Waals surface area contributed by atoms with E-state index in [2.05, 4.69) is 10.6 Å². The van der Waals surface area contributed by atoms with Gasteiger partial charge in [0, 0.05) is 16.7 Å². The van der Waals surface area contributed by atoms with E-state index in [-0.39, 0.29) is 17.6 Å². The van der Waals surface area contributed by atoms with Crippen LogP contribution in [-0.2, 0) is 9.59 Å². The summed E-state index contributed by atoms with van der Waals surface area (Å²) in [7, 11) is 0. The summed E-state index contributed by atoms with van der Waals surface area (Å²) in [4.78, 5) is 25.2. The molecule has 0 spiro atoms. The smallest absolute Gasteiger partial charge is 0.248 e. The molecule has 0 aliphatic rings. The Morgan fingerprint density at radius 1 is 0.900 bits per heavy atom. The quantitative estimate of drug-likeness (QED) is 0.320. The van der Waals surface area contributed by atoms with Crippen molar-refractivity contribution >= 4 is 64.2 Å². The van der Waals surface area contributed by atoms with Crippen LogP contribution in [0.15, 0.2) is 83.8 Å². The van der Waals surface area contributed by atoms with Crippen LogP contribution in [0.2, 0.25) is 10.0 Å². The van der Waals surface area contributed by atoms with E-state index in [0.717, 1.165) is 10.5 Å². The highest BCUT2D eigenvalue weighted by molar-refractivity contribution is 8.00. The summed E-state index contributed by atoms with van der Waals surface area (Å²) in [5.74, 6) is -0.243. The number of thioether (sulfide) groups is 1. The molecule has 2 N–H and O–H groups in total. The number of nitrogens with one attached hydrogen (secondary N) is 2. The topological polar surface area (TPSA) is 58.2 Å². The number of benzene rings is 3. The van der Waals surface area contributed by atoms with Gasteiger partial charge in [0.05, 0.1) is 21.5 Å². The molecule has 0 saturated heterocycles. The van der Waals surface area contributed by atoms with E-state index >= 15 is 0 Å². The molecule has 3 rings (SSSR count). The van der Waals surface area contributed by atoms with Crippen molar-refractivity contribution in [2.75, 3.05) is 16.4 Å². The summed E-state index contributed by atoms with van der Waals surface area (Å²) >= 11 is 13.4. The van der Waals surface area contributed by atoms with Crippen LogP contribution in [0.3, 0.4) is 0 Å². The Labute approximate surface area is 189 Å².